The normalized spacial score (nSPS) is 29.5. The van der Waals surface area contributed by atoms with E-state index in [1.54, 1.807) is 34.6 Å². The van der Waals surface area contributed by atoms with E-state index in [1.165, 1.54) is 0 Å². The molecule has 202 valence electrons. The summed E-state index contributed by atoms with van der Waals surface area (Å²) < 4.78 is 4.73. The summed E-state index contributed by atoms with van der Waals surface area (Å²) in [5.74, 6) is -1.68. The lowest BCUT2D eigenvalue weighted by Gasteiger charge is -2.40. The van der Waals surface area contributed by atoms with Gasteiger partial charge in [-0.1, -0.05) is 43.3 Å². The molecule has 0 aromatic heterocycles. The van der Waals surface area contributed by atoms with E-state index < -0.39 is 22.6 Å². The third-order valence-electron chi connectivity index (χ3n) is 8.47. The van der Waals surface area contributed by atoms with Crippen molar-refractivity contribution in [1.29, 1.82) is 0 Å². The van der Waals surface area contributed by atoms with Crippen LogP contribution in [0.15, 0.2) is 55.1 Å². The lowest BCUT2D eigenvalue weighted by molar-refractivity contribution is -0.154. The molecule has 3 aliphatic rings. The summed E-state index contributed by atoms with van der Waals surface area (Å²) in [6.45, 7) is 8.74. The van der Waals surface area contributed by atoms with Gasteiger partial charge in [0, 0.05) is 30.6 Å². The number of carbonyl (C=O) groups is 3. The topological polar surface area (TPSA) is 87.2 Å². The first-order valence-corrected chi connectivity index (χ1v) is 14.4. The van der Waals surface area contributed by atoms with Crippen molar-refractivity contribution in [1.82, 2.24) is 4.90 Å². The summed E-state index contributed by atoms with van der Waals surface area (Å²) in [5.41, 5.74) is 0.753. The Bertz CT molecular complexity index is 1250. The molecule has 2 aromatic rings. The molecule has 3 saturated heterocycles. The molecule has 7 nitrogen and oxygen atoms in total. The largest absolute Gasteiger partial charge is 0.466 e. The average Bonchev–Trinajstić information content (AvgIpc) is 3.50. The molecule has 38 heavy (non-hydrogen) atoms. The van der Waals surface area contributed by atoms with Gasteiger partial charge < -0.3 is 19.6 Å². The predicted octanol–water partition coefficient (Wildman–Crippen LogP) is 4.03. The first-order chi connectivity index (χ1) is 18.4. The van der Waals surface area contributed by atoms with Gasteiger partial charge in [-0.05, 0) is 55.0 Å². The molecule has 1 spiro atoms. The molecule has 3 aliphatic heterocycles. The Hall–Kier alpha value is -2.84. The van der Waals surface area contributed by atoms with Gasteiger partial charge >= 0.3 is 5.97 Å². The number of carbonyl (C=O) groups excluding carboxylic acids is 3. The van der Waals surface area contributed by atoms with Crippen molar-refractivity contribution in [3.05, 3.63) is 55.1 Å². The second kappa shape index (κ2) is 10.7. The lowest BCUT2D eigenvalue weighted by Crippen LogP contribution is -2.57. The molecule has 3 unspecified atom stereocenters. The summed E-state index contributed by atoms with van der Waals surface area (Å²) in [6.07, 6.45) is 3.59. The Morgan fingerprint density at radius 1 is 1.24 bits per heavy atom. The Kier molecular flexibility index (Phi) is 7.56. The number of rotatable bonds is 10. The van der Waals surface area contributed by atoms with Crippen LogP contribution in [0, 0.1) is 17.8 Å². The highest BCUT2D eigenvalue weighted by Crippen LogP contribution is 2.68. The van der Waals surface area contributed by atoms with Crippen molar-refractivity contribution in [2.24, 2.45) is 17.8 Å². The van der Waals surface area contributed by atoms with Crippen LogP contribution in [-0.4, -0.2) is 70.1 Å². The number of aliphatic hydroxyl groups excluding tert-OH is 1. The van der Waals surface area contributed by atoms with Crippen LogP contribution in [0.1, 0.15) is 33.1 Å². The zero-order valence-electron chi connectivity index (χ0n) is 22.0. The van der Waals surface area contributed by atoms with E-state index in [4.69, 9.17) is 4.74 Å². The number of fused-ring (bicyclic) bond motifs is 2. The van der Waals surface area contributed by atoms with Crippen LogP contribution < -0.4 is 4.90 Å². The summed E-state index contributed by atoms with van der Waals surface area (Å²) in [5, 5.41) is 11.5. The van der Waals surface area contributed by atoms with Gasteiger partial charge in [-0.15, -0.1) is 18.3 Å². The molecule has 1 N–H and O–H groups in total. The van der Waals surface area contributed by atoms with E-state index in [2.05, 4.69) is 13.5 Å². The quantitative estimate of drug-likeness (QED) is 0.280. The molecular weight excluding hydrogens is 500 g/mol. The summed E-state index contributed by atoms with van der Waals surface area (Å²) in [6, 6.07) is 13.2. The van der Waals surface area contributed by atoms with Crippen LogP contribution in [0.5, 0.6) is 0 Å². The predicted molar refractivity (Wildman–Crippen MR) is 150 cm³/mol. The number of hydrogen-bond donors (Lipinski definition) is 1. The minimum Gasteiger partial charge on any atom is -0.466 e. The van der Waals surface area contributed by atoms with Crippen molar-refractivity contribution < 1.29 is 24.2 Å². The molecule has 0 saturated carbocycles. The zero-order valence-corrected chi connectivity index (χ0v) is 22.9. The number of thioether (sulfide) groups is 1. The van der Waals surface area contributed by atoms with E-state index in [0.717, 1.165) is 22.9 Å². The summed E-state index contributed by atoms with van der Waals surface area (Å²) >= 11 is 1.65. The van der Waals surface area contributed by atoms with Crippen molar-refractivity contribution in [3.8, 4) is 0 Å². The fourth-order valence-corrected chi connectivity index (χ4v) is 9.29. The number of hydrogen-bond acceptors (Lipinski definition) is 6. The number of anilines is 1. The van der Waals surface area contributed by atoms with Crippen molar-refractivity contribution in [2.75, 3.05) is 31.2 Å². The van der Waals surface area contributed by atoms with Crippen LogP contribution in [0.4, 0.5) is 5.69 Å². The highest BCUT2D eigenvalue weighted by Gasteiger charge is 2.76. The van der Waals surface area contributed by atoms with Crippen molar-refractivity contribution in [2.45, 2.75) is 49.1 Å². The van der Waals surface area contributed by atoms with Crippen molar-refractivity contribution >= 4 is 46.0 Å². The van der Waals surface area contributed by atoms with Gasteiger partial charge in [0.15, 0.2) is 0 Å². The average molecular weight is 537 g/mol. The minimum atomic E-state index is -0.713. The molecule has 3 heterocycles. The molecule has 0 aliphatic carbocycles. The number of likely N-dealkylation sites (tertiary alicyclic amines) is 1. The van der Waals surface area contributed by atoms with E-state index in [9.17, 15) is 19.5 Å². The van der Waals surface area contributed by atoms with Crippen LogP contribution in [0.2, 0.25) is 0 Å². The number of esters is 1. The monoisotopic (exact) mass is 536 g/mol. The van der Waals surface area contributed by atoms with Crippen LogP contribution in [-0.2, 0) is 19.1 Å². The number of unbranched alkanes of at least 4 members (excludes halogenated alkanes) is 1. The molecular formula is C30H36N2O5S. The van der Waals surface area contributed by atoms with Gasteiger partial charge in [0.2, 0.25) is 5.91 Å². The van der Waals surface area contributed by atoms with Crippen molar-refractivity contribution in [3.63, 3.8) is 0 Å². The highest BCUT2D eigenvalue weighted by atomic mass is 32.2. The third-order valence-corrected chi connectivity index (χ3v) is 10.5. The second-order valence-corrected chi connectivity index (χ2v) is 12.1. The maximum absolute atomic E-state index is 14.6. The molecule has 2 amide bonds. The summed E-state index contributed by atoms with van der Waals surface area (Å²) in [7, 11) is 0. The van der Waals surface area contributed by atoms with Gasteiger partial charge in [-0.2, -0.15) is 0 Å². The van der Waals surface area contributed by atoms with Gasteiger partial charge in [0.05, 0.1) is 23.2 Å². The summed E-state index contributed by atoms with van der Waals surface area (Å²) in [4.78, 5) is 45.3. The maximum atomic E-state index is 14.6. The molecule has 2 bridgehead atoms. The zero-order chi connectivity index (χ0) is 27.0. The minimum absolute atomic E-state index is 0.0214. The number of amides is 2. The fourth-order valence-electron chi connectivity index (χ4n) is 6.88. The fraction of sp³-hybridized carbons (Fsp3) is 0.500. The standard InChI is InChI=1S/C30H36N2O5S/c1-4-14-31(22-13-12-20-10-6-7-11-21(20)18-22)28(35)26-30-19(3)17-23(38-30)24(29(36)37-5-2)25(30)27(34)32(26)15-8-9-16-33/h4,6-7,10-13,18-19,23-26,33H,1,5,8-9,14-17H2,2-3H3/t19?,23-,24+,25-,26?,30?/m0/s1. The first-order valence-electron chi connectivity index (χ1n) is 13.6. The van der Waals surface area contributed by atoms with Gasteiger partial charge in [0.25, 0.3) is 5.91 Å². The molecule has 2 aromatic carbocycles. The maximum Gasteiger partial charge on any atom is 0.310 e. The number of nitrogens with zero attached hydrogens (tertiary/aromatic N) is 2. The number of aliphatic hydroxyl groups is 1. The van der Waals surface area contributed by atoms with E-state index in [-0.39, 0.29) is 42.2 Å². The Balaban J connectivity index is 1.58. The smallest absolute Gasteiger partial charge is 0.310 e. The third kappa shape index (κ3) is 4.13. The van der Waals surface area contributed by atoms with Gasteiger partial charge in [0.1, 0.15) is 6.04 Å². The Morgan fingerprint density at radius 2 is 2.00 bits per heavy atom. The SMILES string of the molecule is C=CCN(C(=O)C1N(CCCCO)C(=O)[C@@H]2[C@H](C(=O)OCC)[C@@H]3CC(C)C12S3)c1ccc2ccccc2c1. The van der Waals surface area contributed by atoms with Crippen LogP contribution in [0.3, 0.4) is 0 Å². The number of benzene rings is 2. The van der Waals surface area contributed by atoms with Crippen LogP contribution in [0.25, 0.3) is 10.8 Å². The van der Waals surface area contributed by atoms with Gasteiger partial charge in [-0.3, -0.25) is 14.4 Å². The first kappa shape index (κ1) is 26.8. The lowest BCUT2D eigenvalue weighted by atomic mass is 9.66. The Morgan fingerprint density at radius 3 is 2.71 bits per heavy atom. The van der Waals surface area contributed by atoms with E-state index >= 15 is 0 Å². The van der Waals surface area contributed by atoms with Gasteiger partial charge in [-0.25, -0.2) is 0 Å². The molecule has 5 rings (SSSR count). The Labute approximate surface area is 228 Å². The molecule has 6 atom stereocenters. The highest BCUT2D eigenvalue weighted by molar-refractivity contribution is 8.02. The van der Waals surface area contributed by atoms with E-state index in [0.29, 0.717) is 25.9 Å². The molecule has 3 fully saturated rings. The van der Waals surface area contributed by atoms with E-state index in [1.807, 2.05) is 42.5 Å². The molecule has 0 radical (unpaired) electrons. The van der Waals surface area contributed by atoms with Crippen LogP contribution >= 0.6 is 11.8 Å². The second-order valence-electron chi connectivity index (χ2n) is 10.5. The number of ether oxygens (including phenoxy) is 1. The molecule has 8 heteroatoms.